The predicted molar refractivity (Wildman–Crippen MR) is 77.7 cm³/mol. The monoisotopic (exact) mass is 299 g/mol. The second-order valence-electron chi connectivity index (χ2n) is 5.08. The van der Waals surface area contributed by atoms with E-state index in [1.165, 1.54) is 6.26 Å². The fourth-order valence-corrected chi connectivity index (χ4v) is 3.04. The van der Waals surface area contributed by atoms with E-state index in [1.807, 2.05) is 6.92 Å². The van der Waals surface area contributed by atoms with Crippen LogP contribution in [0, 0.1) is 0 Å². The van der Waals surface area contributed by atoms with E-state index >= 15 is 0 Å². The number of ether oxygens (including phenoxy) is 1. The molecule has 1 saturated heterocycles. The van der Waals surface area contributed by atoms with E-state index in [2.05, 4.69) is 15.2 Å². The van der Waals surface area contributed by atoms with Crippen LogP contribution in [0.15, 0.2) is 23.2 Å². The lowest BCUT2D eigenvalue weighted by molar-refractivity contribution is 0.0368. The van der Waals surface area contributed by atoms with Crippen molar-refractivity contribution >= 4 is 15.7 Å². The van der Waals surface area contributed by atoms with Crippen molar-refractivity contribution in [2.24, 2.45) is 0 Å². The van der Waals surface area contributed by atoms with Crippen LogP contribution in [-0.2, 0) is 14.6 Å². The molecule has 1 unspecified atom stereocenters. The predicted octanol–water partition coefficient (Wildman–Crippen LogP) is 0.618. The highest BCUT2D eigenvalue weighted by Crippen LogP contribution is 2.18. The zero-order valence-corrected chi connectivity index (χ0v) is 12.7. The lowest BCUT2D eigenvalue weighted by atomic mass is 10.3. The van der Waals surface area contributed by atoms with E-state index in [0.29, 0.717) is 5.82 Å². The van der Waals surface area contributed by atoms with Gasteiger partial charge in [0.2, 0.25) is 0 Å². The summed E-state index contributed by atoms with van der Waals surface area (Å²) in [4.78, 5) is 6.68. The summed E-state index contributed by atoms with van der Waals surface area (Å²) in [7, 11) is -3.27. The molecule has 6 nitrogen and oxygen atoms in total. The van der Waals surface area contributed by atoms with Crippen LogP contribution in [0.2, 0.25) is 0 Å². The van der Waals surface area contributed by atoms with Gasteiger partial charge < -0.3 is 10.1 Å². The number of morpholine rings is 1. The van der Waals surface area contributed by atoms with Gasteiger partial charge in [0.1, 0.15) is 10.7 Å². The highest BCUT2D eigenvalue weighted by molar-refractivity contribution is 7.90. The first-order valence-corrected chi connectivity index (χ1v) is 8.57. The Morgan fingerprint density at radius 1 is 1.45 bits per heavy atom. The van der Waals surface area contributed by atoms with Gasteiger partial charge in [0.25, 0.3) is 0 Å². The molecule has 0 bridgehead atoms. The van der Waals surface area contributed by atoms with Gasteiger partial charge in [-0.15, -0.1) is 0 Å². The largest absolute Gasteiger partial charge is 0.379 e. The van der Waals surface area contributed by atoms with Crippen LogP contribution in [0.3, 0.4) is 0 Å². The minimum absolute atomic E-state index is 0.114. The van der Waals surface area contributed by atoms with Crippen molar-refractivity contribution in [1.82, 2.24) is 9.88 Å². The SMILES string of the molecule is CC(CN1CCOCC1)Nc1ncccc1S(C)(=O)=O. The summed E-state index contributed by atoms with van der Waals surface area (Å²) in [6.45, 7) is 6.19. The molecular weight excluding hydrogens is 278 g/mol. The zero-order chi connectivity index (χ0) is 14.6. The summed E-state index contributed by atoms with van der Waals surface area (Å²) in [5.74, 6) is 0.427. The number of rotatable bonds is 5. The molecule has 1 aromatic heterocycles. The molecule has 2 rings (SSSR count). The van der Waals surface area contributed by atoms with Gasteiger partial charge in [0, 0.05) is 38.1 Å². The number of pyridine rings is 1. The molecule has 1 aliphatic rings. The van der Waals surface area contributed by atoms with E-state index in [-0.39, 0.29) is 10.9 Å². The molecule has 0 spiro atoms. The summed E-state index contributed by atoms with van der Waals surface area (Å²) in [5, 5.41) is 3.19. The van der Waals surface area contributed by atoms with Crippen molar-refractivity contribution in [3.05, 3.63) is 18.3 Å². The molecule has 1 aliphatic heterocycles. The number of nitrogens with one attached hydrogen (secondary N) is 1. The van der Waals surface area contributed by atoms with Crippen molar-refractivity contribution in [2.45, 2.75) is 17.9 Å². The third kappa shape index (κ3) is 4.16. The normalized spacial score (nSPS) is 18.7. The van der Waals surface area contributed by atoms with Crippen molar-refractivity contribution < 1.29 is 13.2 Å². The van der Waals surface area contributed by atoms with Gasteiger partial charge in [-0.05, 0) is 19.1 Å². The van der Waals surface area contributed by atoms with Crippen LogP contribution in [-0.4, -0.2) is 63.4 Å². The van der Waals surface area contributed by atoms with Crippen LogP contribution in [0.4, 0.5) is 5.82 Å². The first kappa shape index (κ1) is 15.2. The number of sulfone groups is 1. The van der Waals surface area contributed by atoms with Crippen LogP contribution < -0.4 is 5.32 Å². The molecule has 0 amide bonds. The number of anilines is 1. The Balaban J connectivity index is 2.02. The Bertz CT molecular complexity index is 542. The molecule has 0 saturated carbocycles. The van der Waals surface area contributed by atoms with Crippen molar-refractivity contribution in [1.29, 1.82) is 0 Å². The average Bonchev–Trinajstić information content (AvgIpc) is 2.39. The number of hydrogen-bond acceptors (Lipinski definition) is 6. The quantitative estimate of drug-likeness (QED) is 0.859. The second kappa shape index (κ2) is 6.51. The van der Waals surface area contributed by atoms with Crippen molar-refractivity contribution in [2.75, 3.05) is 44.4 Å². The fraction of sp³-hybridized carbons (Fsp3) is 0.615. The minimum atomic E-state index is -3.27. The molecule has 20 heavy (non-hydrogen) atoms. The molecule has 1 fully saturated rings. The summed E-state index contributed by atoms with van der Waals surface area (Å²) >= 11 is 0. The Morgan fingerprint density at radius 3 is 2.80 bits per heavy atom. The van der Waals surface area contributed by atoms with Crippen LogP contribution in [0.5, 0.6) is 0 Å². The van der Waals surface area contributed by atoms with Crippen molar-refractivity contribution in [3.63, 3.8) is 0 Å². The first-order valence-electron chi connectivity index (χ1n) is 6.68. The number of aromatic nitrogens is 1. The number of hydrogen-bond donors (Lipinski definition) is 1. The summed E-state index contributed by atoms with van der Waals surface area (Å²) in [6, 6.07) is 3.32. The summed E-state index contributed by atoms with van der Waals surface area (Å²) in [6.07, 6.45) is 2.79. The molecular formula is C13H21N3O3S. The van der Waals surface area contributed by atoms with E-state index < -0.39 is 9.84 Å². The van der Waals surface area contributed by atoms with Gasteiger partial charge in [-0.3, -0.25) is 4.90 Å². The second-order valence-corrected chi connectivity index (χ2v) is 7.06. The Kier molecular flexibility index (Phi) is 4.95. The van der Waals surface area contributed by atoms with Crippen molar-refractivity contribution in [3.8, 4) is 0 Å². The number of nitrogens with zero attached hydrogens (tertiary/aromatic N) is 2. The van der Waals surface area contributed by atoms with Crippen LogP contribution >= 0.6 is 0 Å². The third-order valence-electron chi connectivity index (χ3n) is 3.19. The van der Waals surface area contributed by atoms with Gasteiger partial charge >= 0.3 is 0 Å². The van der Waals surface area contributed by atoms with E-state index in [0.717, 1.165) is 32.8 Å². The maximum atomic E-state index is 11.7. The molecule has 7 heteroatoms. The molecule has 0 aromatic carbocycles. The summed E-state index contributed by atoms with van der Waals surface area (Å²) in [5.41, 5.74) is 0. The Morgan fingerprint density at radius 2 is 2.15 bits per heavy atom. The fourth-order valence-electron chi connectivity index (χ4n) is 2.25. The molecule has 1 N–H and O–H groups in total. The average molecular weight is 299 g/mol. The Labute approximate surface area is 120 Å². The van der Waals surface area contributed by atoms with Gasteiger partial charge in [-0.1, -0.05) is 0 Å². The smallest absolute Gasteiger partial charge is 0.179 e. The third-order valence-corrected chi connectivity index (χ3v) is 4.32. The van der Waals surface area contributed by atoms with Gasteiger partial charge in [0.15, 0.2) is 9.84 Å². The van der Waals surface area contributed by atoms with E-state index in [1.54, 1.807) is 18.3 Å². The molecule has 0 aliphatic carbocycles. The minimum Gasteiger partial charge on any atom is -0.379 e. The summed E-state index contributed by atoms with van der Waals surface area (Å²) < 4.78 is 28.7. The van der Waals surface area contributed by atoms with Gasteiger partial charge in [-0.25, -0.2) is 13.4 Å². The molecule has 1 atom stereocenters. The maximum Gasteiger partial charge on any atom is 0.179 e. The van der Waals surface area contributed by atoms with E-state index in [4.69, 9.17) is 4.74 Å². The zero-order valence-electron chi connectivity index (χ0n) is 11.9. The highest BCUT2D eigenvalue weighted by atomic mass is 32.2. The van der Waals surface area contributed by atoms with Crippen LogP contribution in [0.1, 0.15) is 6.92 Å². The molecule has 1 aromatic rings. The molecule has 2 heterocycles. The van der Waals surface area contributed by atoms with Crippen LogP contribution in [0.25, 0.3) is 0 Å². The first-order chi connectivity index (χ1) is 9.47. The topological polar surface area (TPSA) is 71.5 Å². The molecule has 112 valence electrons. The Hall–Kier alpha value is -1.18. The maximum absolute atomic E-state index is 11.7. The standard InChI is InChI=1S/C13H21N3O3S/c1-11(10-16-6-8-19-9-7-16)15-13-12(20(2,17)18)4-3-5-14-13/h3-5,11H,6-10H2,1-2H3,(H,14,15). The van der Waals surface area contributed by atoms with Gasteiger partial charge in [-0.2, -0.15) is 0 Å². The van der Waals surface area contributed by atoms with E-state index in [9.17, 15) is 8.42 Å². The highest BCUT2D eigenvalue weighted by Gasteiger charge is 2.18. The lowest BCUT2D eigenvalue weighted by Gasteiger charge is -2.29. The van der Waals surface area contributed by atoms with Gasteiger partial charge in [0.05, 0.1) is 13.2 Å². The molecule has 0 radical (unpaired) electrons. The lowest BCUT2D eigenvalue weighted by Crippen LogP contribution is -2.42.